The lowest BCUT2D eigenvalue weighted by Crippen LogP contribution is -2.49. The van der Waals surface area contributed by atoms with Gasteiger partial charge >= 0.3 is 12.0 Å². The maximum atomic E-state index is 12.3. The van der Waals surface area contributed by atoms with Crippen LogP contribution in [-0.4, -0.2) is 39.1 Å². The minimum atomic E-state index is -1.08. The Morgan fingerprint density at radius 3 is 2.45 bits per heavy atom. The average molecular weight is 277 g/mol. The number of rotatable bonds is 2. The van der Waals surface area contributed by atoms with Crippen molar-refractivity contribution in [3.63, 3.8) is 0 Å². The molecular weight excluding hydrogens is 258 g/mol. The number of hydrogen-bond donors (Lipinski definition) is 2. The number of carbonyl (C=O) groups excluding carboxylic acids is 1. The van der Waals surface area contributed by atoms with Crippen molar-refractivity contribution in [1.82, 2.24) is 9.88 Å². The fourth-order valence-electron chi connectivity index (χ4n) is 2.60. The predicted molar refractivity (Wildman–Crippen MR) is 74.8 cm³/mol. The SMILES string of the molecule is CC1CCCC(C)N1C(=O)Nc1ccc(C(=O)O)nc1. The number of amides is 2. The molecule has 2 atom stereocenters. The van der Waals surface area contributed by atoms with Crippen molar-refractivity contribution in [2.45, 2.75) is 45.2 Å². The number of nitrogens with zero attached hydrogens (tertiary/aromatic N) is 2. The van der Waals surface area contributed by atoms with Gasteiger partial charge in [-0.05, 0) is 45.2 Å². The normalized spacial score (nSPS) is 22.4. The summed E-state index contributed by atoms with van der Waals surface area (Å²) < 4.78 is 0. The quantitative estimate of drug-likeness (QED) is 0.870. The number of aromatic carboxylic acids is 1. The van der Waals surface area contributed by atoms with Crippen molar-refractivity contribution in [1.29, 1.82) is 0 Å². The number of anilines is 1. The number of carboxylic acid groups (broad SMARTS) is 1. The standard InChI is InChI=1S/C14H19N3O3/c1-9-4-3-5-10(2)17(9)14(20)16-11-6-7-12(13(18)19)15-8-11/h6-10H,3-5H2,1-2H3,(H,16,20)(H,18,19). The fraction of sp³-hybridized carbons (Fsp3) is 0.500. The maximum Gasteiger partial charge on any atom is 0.354 e. The topological polar surface area (TPSA) is 82.5 Å². The third-order valence-corrected chi connectivity index (χ3v) is 3.66. The van der Waals surface area contributed by atoms with Gasteiger partial charge in [0.1, 0.15) is 5.69 Å². The second kappa shape index (κ2) is 5.90. The van der Waals surface area contributed by atoms with Gasteiger partial charge in [0.15, 0.2) is 0 Å². The van der Waals surface area contributed by atoms with Crippen molar-refractivity contribution in [3.05, 3.63) is 24.0 Å². The molecule has 1 aliphatic heterocycles. The Morgan fingerprint density at radius 1 is 1.30 bits per heavy atom. The number of urea groups is 1. The predicted octanol–water partition coefficient (Wildman–Crippen LogP) is 2.57. The Kier molecular flexibility index (Phi) is 4.22. The number of nitrogens with one attached hydrogen (secondary N) is 1. The molecule has 0 bridgehead atoms. The van der Waals surface area contributed by atoms with Crippen LogP contribution < -0.4 is 5.32 Å². The monoisotopic (exact) mass is 277 g/mol. The molecule has 6 nitrogen and oxygen atoms in total. The van der Waals surface area contributed by atoms with Gasteiger partial charge in [0.25, 0.3) is 0 Å². The molecule has 1 aromatic rings. The Hall–Kier alpha value is -2.11. The van der Waals surface area contributed by atoms with Crippen molar-refractivity contribution >= 4 is 17.7 Å². The Balaban J connectivity index is 2.05. The minimum Gasteiger partial charge on any atom is -0.477 e. The van der Waals surface area contributed by atoms with Crippen LogP contribution >= 0.6 is 0 Å². The van der Waals surface area contributed by atoms with Crippen LogP contribution in [0.25, 0.3) is 0 Å². The van der Waals surface area contributed by atoms with Crippen LogP contribution in [0.2, 0.25) is 0 Å². The molecule has 1 fully saturated rings. The first-order valence-corrected chi connectivity index (χ1v) is 6.77. The van der Waals surface area contributed by atoms with Gasteiger partial charge < -0.3 is 15.3 Å². The zero-order valence-electron chi connectivity index (χ0n) is 11.7. The van der Waals surface area contributed by atoms with Crippen molar-refractivity contribution in [2.75, 3.05) is 5.32 Å². The molecule has 0 saturated carbocycles. The number of hydrogen-bond acceptors (Lipinski definition) is 3. The van der Waals surface area contributed by atoms with E-state index in [1.807, 2.05) is 18.7 Å². The van der Waals surface area contributed by atoms with Gasteiger partial charge in [-0.2, -0.15) is 0 Å². The zero-order valence-corrected chi connectivity index (χ0v) is 11.7. The van der Waals surface area contributed by atoms with Crippen LogP contribution in [0.1, 0.15) is 43.6 Å². The average Bonchev–Trinajstić information content (AvgIpc) is 2.39. The van der Waals surface area contributed by atoms with Gasteiger partial charge in [0.05, 0.1) is 11.9 Å². The van der Waals surface area contributed by atoms with Gasteiger partial charge in [-0.15, -0.1) is 0 Å². The number of carboxylic acids is 1. The van der Waals surface area contributed by atoms with Crippen molar-refractivity contribution in [2.24, 2.45) is 0 Å². The first-order chi connectivity index (χ1) is 9.49. The van der Waals surface area contributed by atoms with Crippen LogP contribution in [-0.2, 0) is 0 Å². The van der Waals surface area contributed by atoms with Crippen molar-refractivity contribution in [3.8, 4) is 0 Å². The van der Waals surface area contributed by atoms with Crippen LogP contribution in [0.5, 0.6) is 0 Å². The molecule has 20 heavy (non-hydrogen) atoms. The highest BCUT2D eigenvalue weighted by molar-refractivity contribution is 5.90. The van der Waals surface area contributed by atoms with E-state index < -0.39 is 5.97 Å². The van der Waals surface area contributed by atoms with E-state index in [0.717, 1.165) is 19.3 Å². The Labute approximate surface area is 117 Å². The number of piperidine rings is 1. The molecule has 0 aromatic carbocycles. The molecule has 108 valence electrons. The highest BCUT2D eigenvalue weighted by atomic mass is 16.4. The molecule has 2 amide bonds. The molecule has 1 aliphatic rings. The molecule has 2 rings (SSSR count). The van der Waals surface area contributed by atoms with E-state index in [9.17, 15) is 9.59 Å². The largest absolute Gasteiger partial charge is 0.477 e. The van der Waals surface area contributed by atoms with Crippen LogP contribution in [0, 0.1) is 0 Å². The lowest BCUT2D eigenvalue weighted by atomic mass is 9.98. The van der Waals surface area contributed by atoms with Gasteiger partial charge in [0.2, 0.25) is 0 Å². The molecule has 1 saturated heterocycles. The van der Waals surface area contributed by atoms with Gasteiger partial charge in [0, 0.05) is 12.1 Å². The van der Waals surface area contributed by atoms with E-state index in [4.69, 9.17) is 5.11 Å². The summed E-state index contributed by atoms with van der Waals surface area (Å²) >= 11 is 0. The highest BCUT2D eigenvalue weighted by Crippen LogP contribution is 2.23. The smallest absolute Gasteiger partial charge is 0.354 e. The van der Waals surface area contributed by atoms with Gasteiger partial charge in [-0.1, -0.05) is 0 Å². The Morgan fingerprint density at radius 2 is 1.95 bits per heavy atom. The van der Waals surface area contributed by atoms with Crippen LogP contribution in [0.15, 0.2) is 18.3 Å². The summed E-state index contributed by atoms with van der Waals surface area (Å²) in [5.74, 6) is -1.08. The molecule has 2 N–H and O–H groups in total. The van der Waals surface area contributed by atoms with Gasteiger partial charge in [-0.25, -0.2) is 14.6 Å². The summed E-state index contributed by atoms with van der Waals surface area (Å²) in [5, 5.41) is 11.5. The molecule has 1 aromatic heterocycles. The summed E-state index contributed by atoms with van der Waals surface area (Å²) in [6.07, 6.45) is 4.52. The fourth-order valence-corrected chi connectivity index (χ4v) is 2.60. The second-order valence-corrected chi connectivity index (χ2v) is 5.20. The molecule has 0 radical (unpaired) electrons. The van der Waals surface area contributed by atoms with E-state index in [0.29, 0.717) is 5.69 Å². The minimum absolute atomic E-state index is 0.0392. The summed E-state index contributed by atoms with van der Waals surface area (Å²) in [5.41, 5.74) is 0.465. The molecular formula is C14H19N3O3. The molecule has 6 heteroatoms. The molecule has 2 unspecified atom stereocenters. The van der Waals surface area contributed by atoms with E-state index in [1.165, 1.54) is 12.3 Å². The maximum absolute atomic E-state index is 12.3. The molecule has 0 spiro atoms. The van der Waals surface area contributed by atoms with E-state index in [2.05, 4.69) is 10.3 Å². The summed E-state index contributed by atoms with van der Waals surface area (Å²) in [4.78, 5) is 28.6. The van der Waals surface area contributed by atoms with Gasteiger partial charge in [-0.3, -0.25) is 0 Å². The summed E-state index contributed by atoms with van der Waals surface area (Å²) in [6, 6.07) is 3.19. The van der Waals surface area contributed by atoms with Crippen LogP contribution in [0.3, 0.4) is 0 Å². The first-order valence-electron chi connectivity index (χ1n) is 6.77. The van der Waals surface area contributed by atoms with E-state index >= 15 is 0 Å². The third-order valence-electron chi connectivity index (χ3n) is 3.66. The summed E-state index contributed by atoms with van der Waals surface area (Å²) in [7, 11) is 0. The molecule has 0 aliphatic carbocycles. The lowest BCUT2D eigenvalue weighted by Gasteiger charge is -2.38. The first kappa shape index (κ1) is 14.3. The summed E-state index contributed by atoms with van der Waals surface area (Å²) in [6.45, 7) is 4.09. The van der Waals surface area contributed by atoms with E-state index in [1.54, 1.807) is 6.07 Å². The number of aromatic nitrogens is 1. The van der Waals surface area contributed by atoms with Crippen molar-refractivity contribution < 1.29 is 14.7 Å². The zero-order chi connectivity index (χ0) is 14.7. The third kappa shape index (κ3) is 3.07. The van der Waals surface area contributed by atoms with E-state index in [-0.39, 0.29) is 23.8 Å². The number of pyridine rings is 1. The lowest BCUT2D eigenvalue weighted by molar-refractivity contribution is 0.0690. The number of carbonyl (C=O) groups is 2. The second-order valence-electron chi connectivity index (χ2n) is 5.20. The highest BCUT2D eigenvalue weighted by Gasteiger charge is 2.28. The Bertz CT molecular complexity index is 491. The number of likely N-dealkylation sites (tertiary alicyclic amines) is 1. The van der Waals surface area contributed by atoms with Crippen LogP contribution in [0.4, 0.5) is 10.5 Å². The molecule has 2 heterocycles.